The summed E-state index contributed by atoms with van der Waals surface area (Å²) in [6, 6.07) is 18.9. The molecule has 1 amide bonds. The van der Waals surface area contributed by atoms with Gasteiger partial charge in [-0.1, -0.05) is 69.5 Å². The van der Waals surface area contributed by atoms with Gasteiger partial charge in [0.05, 0.1) is 11.6 Å². The van der Waals surface area contributed by atoms with Crippen molar-refractivity contribution in [3.63, 3.8) is 0 Å². The maximum absolute atomic E-state index is 14.3. The maximum Gasteiger partial charge on any atom is 0.250 e. The van der Waals surface area contributed by atoms with Crippen molar-refractivity contribution >= 4 is 90.3 Å². The molecule has 0 radical (unpaired) electrons. The molecule has 37 heavy (non-hydrogen) atoms. The molecule has 6 rings (SSSR count). The highest BCUT2D eigenvalue weighted by Crippen LogP contribution is 2.62. The van der Waals surface area contributed by atoms with Gasteiger partial charge in [-0.2, -0.15) is 0 Å². The molecule has 1 spiro atoms. The van der Waals surface area contributed by atoms with Crippen LogP contribution in [0.25, 0.3) is 6.08 Å². The minimum Gasteiger partial charge on any atom is -0.323 e. The molecule has 0 bridgehead atoms. The summed E-state index contributed by atoms with van der Waals surface area (Å²) >= 11 is 21.3. The predicted molar refractivity (Wildman–Crippen MR) is 158 cm³/mol. The van der Waals surface area contributed by atoms with E-state index >= 15 is 0 Å². The second-order valence-electron chi connectivity index (χ2n) is 9.41. The quantitative estimate of drug-likeness (QED) is 0.287. The van der Waals surface area contributed by atoms with Crippen molar-refractivity contribution in [3.8, 4) is 0 Å². The van der Waals surface area contributed by atoms with Crippen LogP contribution in [0.4, 0.5) is 5.69 Å². The van der Waals surface area contributed by atoms with Crippen LogP contribution >= 0.6 is 66.8 Å². The zero-order valence-corrected chi connectivity index (χ0v) is 24.8. The first kappa shape index (κ1) is 25.7. The molecule has 2 fully saturated rings. The normalized spacial score (nSPS) is 26.6. The first-order valence-electron chi connectivity index (χ1n) is 11.7. The molecule has 4 atom stereocenters. The number of carbonyl (C=O) groups excluding carboxylic acids is 2. The van der Waals surface area contributed by atoms with Crippen LogP contribution in [0.2, 0.25) is 10.0 Å². The van der Waals surface area contributed by atoms with Crippen LogP contribution < -0.4 is 5.32 Å². The molecule has 0 saturated carbocycles. The monoisotopic (exact) mass is 676 g/mol. The van der Waals surface area contributed by atoms with Gasteiger partial charge in [0.25, 0.3) is 0 Å². The largest absolute Gasteiger partial charge is 0.323 e. The standard InChI is InChI=1S/C28H20Br2Cl2N2O2S/c29-17-11-20-26(21(30)12-17)33-27(36)28(20)25(23(35)10-3-15-1-6-18(31)7-2-15)24(22-13-37-14-34(22)28)16-4-8-19(32)9-5-16/h1-12,22,24-25H,13-14H2,(H,33,36)/b10-3+/t22?,24-,25+,28?/m1/s1. The highest BCUT2D eigenvalue weighted by Gasteiger charge is 2.69. The van der Waals surface area contributed by atoms with E-state index in [2.05, 4.69) is 42.1 Å². The lowest BCUT2D eigenvalue weighted by Gasteiger charge is -2.36. The summed E-state index contributed by atoms with van der Waals surface area (Å²) in [6.07, 6.45) is 3.42. The van der Waals surface area contributed by atoms with Gasteiger partial charge in [0, 0.05) is 48.1 Å². The van der Waals surface area contributed by atoms with E-state index in [1.54, 1.807) is 36.0 Å². The molecule has 2 saturated heterocycles. The summed E-state index contributed by atoms with van der Waals surface area (Å²) in [6.45, 7) is 0. The molecule has 3 aliphatic heterocycles. The lowest BCUT2D eigenvalue weighted by atomic mass is 9.70. The van der Waals surface area contributed by atoms with Gasteiger partial charge >= 0.3 is 0 Å². The number of anilines is 1. The van der Waals surface area contributed by atoms with E-state index in [1.807, 2.05) is 48.5 Å². The average molecular weight is 679 g/mol. The number of carbonyl (C=O) groups is 2. The van der Waals surface area contributed by atoms with E-state index in [4.69, 9.17) is 23.2 Å². The molecule has 3 aliphatic rings. The van der Waals surface area contributed by atoms with Crippen LogP contribution in [0.1, 0.15) is 22.6 Å². The first-order chi connectivity index (χ1) is 17.8. The Balaban J connectivity index is 1.55. The minimum absolute atomic E-state index is 0.0125. The molecule has 3 heterocycles. The number of fused-ring (bicyclic) bond motifs is 4. The Morgan fingerprint density at radius 1 is 1.05 bits per heavy atom. The van der Waals surface area contributed by atoms with E-state index < -0.39 is 11.5 Å². The molecule has 3 aromatic carbocycles. The zero-order chi connectivity index (χ0) is 25.9. The fourth-order valence-electron chi connectivity index (χ4n) is 6.04. The van der Waals surface area contributed by atoms with Gasteiger partial charge in [-0.3, -0.25) is 14.5 Å². The van der Waals surface area contributed by atoms with E-state index in [1.165, 1.54) is 0 Å². The number of rotatable bonds is 4. The molecule has 0 aliphatic carbocycles. The lowest BCUT2D eigenvalue weighted by Crippen LogP contribution is -2.52. The molecule has 3 aromatic rings. The highest BCUT2D eigenvalue weighted by atomic mass is 79.9. The van der Waals surface area contributed by atoms with Crippen molar-refractivity contribution in [1.82, 2.24) is 4.90 Å². The van der Waals surface area contributed by atoms with Gasteiger partial charge in [-0.25, -0.2) is 0 Å². The van der Waals surface area contributed by atoms with E-state index in [9.17, 15) is 9.59 Å². The molecule has 188 valence electrons. The average Bonchev–Trinajstić information content (AvgIpc) is 3.53. The van der Waals surface area contributed by atoms with Crippen LogP contribution in [-0.4, -0.2) is 34.3 Å². The third kappa shape index (κ3) is 4.14. The smallest absolute Gasteiger partial charge is 0.250 e. The van der Waals surface area contributed by atoms with Crippen molar-refractivity contribution in [2.24, 2.45) is 5.92 Å². The second kappa shape index (κ2) is 9.85. The van der Waals surface area contributed by atoms with Crippen molar-refractivity contribution in [2.45, 2.75) is 17.5 Å². The first-order valence-corrected chi connectivity index (χ1v) is 15.2. The number of ketones is 1. The zero-order valence-electron chi connectivity index (χ0n) is 19.3. The summed E-state index contributed by atoms with van der Waals surface area (Å²) in [4.78, 5) is 30.6. The highest BCUT2D eigenvalue weighted by molar-refractivity contribution is 9.11. The van der Waals surface area contributed by atoms with Crippen molar-refractivity contribution in [2.75, 3.05) is 16.9 Å². The van der Waals surface area contributed by atoms with Gasteiger partial charge in [0.1, 0.15) is 5.54 Å². The second-order valence-corrected chi connectivity index (χ2v) is 13.1. The number of hydrogen-bond acceptors (Lipinski definition) is 4. The molecular weight excluding hydrogens is 659 g/mol. The number of hydrogen-bond donors (Lipinski definition) is 1. The van der Waals surface area contributed by atoms with Crippen LogP contribution in [0, 0.1) is 5.92 Å². The van der Waals surface area contributed by atoms with E-state index in [0.29, 0.717) is 15.9 Å². The van der Waals surface area contributed by atoms with Crippen molar-refractivity contribution in [3.05, 3.63) is 102 Å². The van der Waals surface area contributed by atoms with Gasteiger partial charge in [-0.05, 0) is 69.5 Å². The predicted octanol–water partition coefficient (Wildman–Crippen LogP) is 7.74. The third-order valence-electron chi connectivity index (χ3n) is 7.52. The van der Waals surface area contributed by atoms with Gasteiger partial charge in [0.15, 0.2) is 5.78 Å². The summed E-state index contributed by atoms with van der Waals surface area (Å²) < 4.78 is 1.62. The van der Waals surface area contributed by atoms with Gasteiger partial charge < -0.3 is 5.32 Å². The maximum atomic E-state index is 14.3. The molecular formula is C28H20Br2Cl2N2O2S. The summed E-state index contributed by atoms with van der Waals surface area (Å²) in [5, 5.41) is 4.38. The fraction of sp³-hybridized carbons (Fsp3) is 0.214. The number of amides is 1. The van der Waals surface area contributed by atoms with Crippen molar-refractivity contribution < 1.29 is 9.59 Å². The molecule has 9 heteroatoms. The summed E-state index contributed by atoms with van der Waals surface area (Å²) in [5.41, 5.74) is 2.28. The third-order valence-corrected chi connectivity index (χ3v) is 10.1. The molecule has 2 unspecified atom stereocenters. The summed E-state index contributed by atoms with van der Waals surface area (Å²) in [5.74, 6) is 0.417. The van der Waals surface area contributed by atoms with Crippen molar-refractivity contribution in [1.29, 1.82) is 0 Å². The van der Waals surface area contributed by atoms with Crippen LogP contribution in [-0.2, 0) is 15.1 Å². The number of nitrogens with one attached hydrogen (secondary N) is 1. The molecule has 0 aromatic heterocycles. The van der Waals surface area contributed by atoms with Crippen LogP contribution in [0.5, 0.6) is 0 Å². The molecule has 4 nitrogen and oxygen atoms in total. The Kier molecular flexibility index (Phi) is 6.83. The molecule has 1 N–H and O–H groups in total. The number of nitrogens with zero attached hydrogens (tertiary/aromatic N) is 1. The number of allylic oxidation sites excluding steroid dienone is 1. The Labute approximate surface area is 246 Å². The SMILES string of the molecule is O=C(/C=C/c1ccc(Cl)cc1)[C@H]1[C@H](c2ccc(Cl)cc2)C2CSCN2C12C(=O)Nc1c(Br)cc(Br)cc12. The number of benzene rings is 3. The van der Waals surface area contributed by atoms with Crippen LogP contribution in [0.15, 0.2) is 75.7 Å². The Morgan fingerprint density at radius 2 is 1.73 bits per heavy atom. The van der Waals surface area contributed by atoms with E-state index in [0.717, 1.165) is 37.1 Å². The topological polar surface area (TPSA) is 49.4 Å². The van der Waals surface area contributed by atoms with E-state index in [-0.39, 0.29) is 23.7 Å². The lowest BCUT2D eigenvalue weighted by molar-refractivity contribution is -0.134. The van der Waals surface area contributed by atoms with Gasteiger partial charge in [-0.15, -0.1) is 11.8 Å². The number of halogens is 4. The minimum atomic E-state index is -1.14. The Morgan fingerprint density at radius 3 is 2.43 bits per heavy atom. The Bertz CT molecular complexity index is 1450. The van der Waals surface area contributed by atoms with Gasteiger partial charge in [0.2, 0.25) is 5.91 Å². The fourth-order valence-corrected chi connectivity index (χ4v) is 8.95. The summed E-state index contributed by atoms with van der Waals surface area (Å²) in [7, 11) is 0. The Hall–Kier alpha value is -1.61. The number of thioether (sulfide) groups is 1. The van der Waals surface area contributed by atoms with Crippen LogP contribution in [0.3, 0.4) is 0 Å².